The molecule has 0 aromatic carbocycles. The lowest BCUT2D eigenvalue weighted by molar-refractivity contribution is -0.114. The number of aromatic nitrogens is 2. The van der Waals surface area contributed by atoms with Crippen LogP contribution >= 0.6 is 11.3 Å². The van der Waals surface area contributed by atoms with Crippen molar-refractivity contribution in [3.8, 4) is 0 Å². The van der Waals surface area contributed by atoms with Gasteiger partial charge >= 0.3 is 0 Å². The number of likely N-dealkylation sites (tertiary alicyclic amines) is 1. The standard InChI is InChI=1S/C17H22N4OS/c1-13(22)20-17-19-10-16(23-17)12-21-8-2-3-15(11-21)9-14-4-6-18-7-5-14/h4-7,10,15H,2-3,8-9,11-12H2,1H3,(H,19,20,22)/t15-/m0/s1. The molecule has 1 aliphatic rings. The molecular formula is C17H22N4OS. The van der Waals surface area contributed by atoms with Gasteiger partial charge in [-0.15, -0.1) is 11.3 Å². The molecule has 1 N–H and O–H groups in total. The van der Waals surface area contributed by atoms with E-state index < -0.39 is 0 Å². The number of carbonyl (C=O) groups excluding carboxylic acids is 1. The molecule has 0 aliphatic carbocycles. The maximum Gasteiger partial charge on any atom is 0.223 e. The van der Waals surface area contributed by atoms with Gasteiger partial charge in [0.25, 0.3) is 0 Å². The van der Waals surface area contributed by atoms with Crippen molar-refractivity contribution in [3.63, 3.8) is 0 Å². The molecule has 2 aromatic heterocycles. The Morgan fingerprint density at radius 3 is 3.04 bits per heavy atom. The minimum absolute atomic E-state index is 0.0683. The van der Waals surface area contributed by atoms with Crippen molar-refractivity contribution < 1.29 is 4.79 Å². The normalized spacial score (nSPS) is 18.7. The number of hydrogen-bond acceptors (Lipinski definition) is 5. The van der Waals surface area contributed by atoms with Crippen LogP contribution in [-0.4, -0.2) is 33.9 Å². The lowest BCUT2D eigenvalue weighted by Gasteiger charge is -2.32. The smallest absolute Gasteiger partial charge is 0.223 e. The molecule has 1 fully saturated rings. The first-order valence-corrected chi connectivity index (χ1v) is 8.84. The monoisotopic (exact) mass is 330 g/mol. The summed E-state index contributed by atoms with van der Waals surface area (Å²) < 4.78 is 0. The molecule has 0 bridgehead atoms. The number of hydrogen-bond donors (Lipinski definition) is 1. The van der Waals surface area contributed by atoms with Crippen molar-refractivity contribution in [3.05, 3.63) is 41.2 Å². The SMILES string of the molecule is CC(=O)Nc1ncc(CN2CCC[C@@H](Cc3ccncc3)C2)s1. The third kappa shape index (κ3) is 4.84. The van der Waals surface area contributed by atoms with E-state index >= 15 is 0 Å². The summed E-state index contributed by atoms with van der Waals surface area (Å²) in [6.45, 7) is 4.69. The van der Waals surface area contributed by atoms with Gasteiger partial charge in [-0.3, -0.25) is 14.7 Å². The first-order valence-electron chi connectivity index (χ1n) is 8.02. The molecule has 1 amide bonds. The zero-order chi connectivity index (χ0) is 16.1. The van der Waals surface area contributed by atoms with E-state index in [2.05, 4.69) is 32.3 Å². The molecule has 6 heteroatoms. The number of amides is 1. The number of nitrogens with one attached hydrogen (secondary N) is 1. The fourth-order valence-electron chi connectivity index (χ4n) is 3.12. The zero-order valence-electron chi connectivity index (χ0n) is 13.4. The van der Waals surface area contributed by atoms with Gasteiger partial charge in [0.05, 0.1) is 0 Å². The largest absolute Gasteiger partial charge is 0.302 e. The van der Waals surface area contributed by atoms with Crippen LogP contribution in [0.5, 0.6) is 0 Å². The number of anilines is 1. The molecule has 5 nitrogen and oxygen atoms in total. The van der Waals surface area contributed by atoms with Crippen LogP contribution in [0.25, 0.3) is 0 Å². The molecule has 122 valence electrons. The van der Waals surface area contributed by atoms with E-state index in [1.165, 1.54) is 30.2 Å². The van der Waals surface area contributed by atoms with Gasteiger partial charge in [0, 0.05) is 43.5 Å². The molecule has 0 unspecified atom stereocenters. The quantitative estimate of drug-likeness (QED) is 0.916. The summed E-state index contributed by atoms with van der Waals surface area (Å²) in [6, 6.07) is 4.23. The Morgan fingerprint density at radius 1 is 1.43 bits per heavy atom. The summed E-state index contributed by atoms with van der Waals surface area (Å²) >= 11 is 1.57. The third-order valence-corrected chi connectivity index (χ3v) is 4.99. The minimum Gasteiger partial charge on any atom is -0.302 e. The van der Waals surface area contributed by atoms with Crippen LogP contribution < -0.4 is 5.32 Å². The topological polar surface area (TPSA) is 58.1 Å². The Labute approximate surface area is 140 Å². The molecule has 0 radical (unpaired) electrons. The molecule has 0 saturated carbocycles. The van der Waals surface area contributed by atoms with Gasteiger partial charge in [-0.2, -0.15) is 0 Å². The molecule has 2 aromatic rings. The van der Waals surface area contributed by atoms with Crippen molar-refractivity contribution >= 4 is 22.4 Å². The Hall–Kier alpha value is -1.79. The summed E-state index contributed by atoms with van der Waals surface area (Å²) in [5.41, 5.74) is 1.37. The van der Waals surface area contributed by atoms with Crippen molar-refractivity contribution in [2.45, 2.75) is 32.7 Å². The van der Waals surface area contributed by atoms with Crippen molar-refractivity contribution in [2.75, 3.05) is 18.4 Å². The van der Waals surface area contributed by atoms with Crippen LogP contribution in [0.3, 0.4) is 0 Å². The number of rotatable bonds is 5. The third-order valence-electron chi connectivity index (χ3n) is 4.09. The van der Waals surface area contributed by atoms with E-state index in [9.17, 15) is 4.79 Å². The van der Waals surface area contributed by atoms with Crippen molar-refractivity contribution in [1.82, 2.24) is 14.9 Å². The molecule has 1 atom stereocenters. The fraction of sp³-hybridized carbons (Fsp3) is 0.471. The molecule has 1 saturated heterocycles. The maximum absolute atomic E-state index is 11.1. The highest BCUT2D eigenvalue weighted by molar-refractivity contribution is 7.15. The Kier molecular flexibility index (Phi) is 5.35. The van der Waals surface area contributed by atoms with Gasteiger partial charge in [0.2, 0.25) is 5.91 Å². The highest BCUT2D eigenvalue weighted by Crippen LogP contribution is 2.25. The first-order chi connectivity index (χ1) is 11.2. The van der Waals surface area contributed by atoms with E-state index in [1.54, 1.807) is 11.3 Å². The Bertz CT molecular complexity index is 643. The van der Waals surface area contributed by atoms with Crippen LogP contribution in [0.15, 0.2) is 30.7 Å². The van der Waals surface area contributed by atoms with E-state index in [0.29, 0.717) is 11.0 Å². The predicted octanol–water partition coefficient (Wildman–Crippen LogP) is 2.95. The molecule has 0 spiro atoms. The van der Waals surface area contributed by atoms with Crippen LogP contribution in [0.1, 0.15) is 30.2 Å². The minimum atomic E-state index is -0.0683. The van der Waals surface area contributed by atoms with E-state index in [4.69, 9.17) is 0 Å². The second-order valence-corrected chi connectivity index (χ2v) is 7.23. The summed E-state index contributed by atoms with van der Waals surface area (Å²) in [7, 11) is 0. The number of pyridine rings is 1. The van der Waals surface area contributed by atoms with Crippen molar-refractivity contribution in [1.29, 1.82) is 0 Å². The van der Waals surface area contributed by atoms with E-state index in [-0.39, 0.29) is 5.91 Å². The van der Waals surface area contributed by atoms with Gasteiger partial charge in [0.15, 0.2) is 5.13 Å². The van der Waals surface area contributed by atoms with Gasteiger partial charge in [-0.05, 0) is 49.4 Å². The Balaban J connectivity index is 1.54. The van der Waals surface area contributed by atoms with Gasteiger partial charge in [-0.25, -0.2) is 4.98 Å². The molecule has 1 aliphatic heterocycles. The maximum atomic E-state index is 11.1. The summed E-state index contributed by atoms with van der Waals surface area (Å²) in [4.78, 5) is 23.1. The van der Waals surface area contributed by atoms with Crippen LogP contribution in [0.4, 0.5) is 5.13 Å². The van der Waals surface area contributed by atoms with Gasteiger partial charge in [0.1, 0.15) is 0 Å². The van der Waals surface area contributed by atoms with Gasteiger partial charge in [-0.1, -0.05) is 0 Å². The second-order valence-electron chi connectivity index (χ2n) is 6.12. The lowest BCUT2D eigenvalue weighted by atomic mass is 9.91. The van der Waals surface area contributed by atoms with Gasteiger partial charge < -0.3 is 5.32 Å². The van der Waals surface area contributed by atoms with Crippen LogP contribution in [0.2, 0.25) is 0 Å². The summed E-state index contributed by atoms with van der Waals surface area (Å²) in [5, 5.41) is 3.44. The summed E-state index contributed by atoms with van der Waals surface area (Å²) in [5.74, 6) is 0.634. The fourth-order valence-corrected chi connectivity index (χ4v) is 4.02. The van der Waals surface area contributed by atoms with Crippen LogP contribution in [0, 0.1) is 5.92 Å². The average molecular weight is 330 g/mol. The second kappa shape index (κ2) is 7.66. The molecule has 3 rings (SSSR count). The van der Waals surface area contributed by atoms with Crippen LogP contribution in [-0.2, 0) is 17.8 Å². The molecule has 3 heterocycles. The van der Waals surface area contributed by atoms with Crippen molar-refractivity contribution in [2.24, 2.45) is 5.92 Å². The number of nitrogens with zero attached hydrogens (tertiary/aromatic N) is 3. The number of carbonyl (C=O) groups is 1. The first kappa shape index (κ1) is 16.1. The molecule has 23 heavy (non-hydrogen) atoms. The summed E-state index contributed by atoms with van der Waals surface area (Å²) in [6.07, 6.45) is 9.28. The lowest BCUT2D eigenvalue weighted by Crippen LogP contribution is -2.35. The van der Waals surface area contributed by atoms with E-state index in [1.807, 2.05) is 18.6 Å². The average Bonchev–Trinajstić information content (AvgIpc) is 2.95. The highest BCUT2D eigenvalue weighted by atomic mass is 32.1. The number of piperidine rings is 1. The highest BCUT2D eigenvalue weighted by Gasteiger charge is 2.21. The molecular weight excluding hydrogens is 308 g/mol. The number of thiazole rings is 1. The zero-order valence-corrected chi connectivity index (χ0v) is 14.2. The predicted molar refractivity (Wildman–Crippen MR) is 92.4 cm³/mol. The Morgan fingerprint density at radius 2 is 2.26 bits per heavy atom. The van der Waals surface area contributed by atoms with E-state index in [0.717, 1.165) is 26.1 Å².